The summed E-state index contributed by atoms with van der Waals surface area (Å²) in [6, 6.07) is 9.82. The molecule has 1 heterocycles. The lowest BCUT2D eigenvalue weighted by atomic mass is 10.1. The predicted octanol–water partition coefficient (Wildman–Crippen LogP) is 3.25. The fraction of sp³-hybridized carbons (Fsp3) is 0.0714. The molecule has 0 unspecified atom stereocenters. The number of aromatic nitrogens is 1. The molecular formula is C14H10FNO2. The molecule has 0 amide bonds. The van der Waals surface area contributed by atoms with Crippen LogP contribution in [-0.2, 0) is 4.74 Å². The molecule has 0 aliphatic carbocycles. The predicted molar refractivity (Wildman–Crippen MR) is 67.1 cm³/mol. The number of hydrogen-bond donors (Lipinski definition) is 1. The number of hydrogen-bond acceptors (Lipinski definition) is 2. The van der Waals surface area contributed by atoms with Gasteiger partial charge in [-0.3, -0.25) is 0 Å². The number of H-pyrrole nitrogens is 1. The van der Waals surface area contributed by atoms with Crippen LogP contribution in [0, 0.1) is 5.82 Å². The van der Waals surface area contributed by atoms with E-state index in [2.05, 4.69) is 9.72 Å². The van der Waals surface area contributed by atoms with Crippen molar-refractivity contribution in [3.05, 3.63) is 47.8 Å². The van der Waals surface area contributed by atoms with Crippen molar-refractivity contribution < 1.29 is 13.9 Å². The maximum Gasteiger partial charge on any atom is 0.337 e. The monoisotopic (exact) mass is 243 g/mol. The number of esters is 1. The van der Waals surface area contributed by atoms with E-state index in [0.717, 1.165) is 16.3 Å². The standard InChI is InChI=1S/C14H10FNO2/c1-18-14(17)8-2-4-10-11-5-3-9(15)7-13(11)16-12(10)6-8/h2-7,16H,1H3. The van der Waals surface area contributed by atoms with Crippen LogP contribution in [-0.4, -0.2) is 18.1 Å². The first kappa shape index (κ1) is 10.8. The van der Waals surface area contributed by atoms with Crippen molar-refractivity contribution in [1.82, 2.24) is 4.98 Å². The summed E-state index contributed by atoms with van der Waals surface area (Å²) in [6.07, 6.45) is 0. The van der Waals surface area contributed by atoms with E-state index in [1.54, 1.807) is 18.2 Å². The molecule has 1 aromatic heterocycles. The van der Waals surface area contributed by atoms with Crippen molar-refractivity contribution in [2.24, 2.45) is 0 Å². The molecule has 90 valence electrons. The van der Waals surface area contributed by atoms with Crippen LogP contribution in [0.3, 0.4) is 0 Å². The summed E-state index contributed by atoms with van der Waals surface area (Å²) in [5, 5.41) is 1.89. The van der Waals surface area contributed by atoms with E-state index >= 15 is 0 Å². The smallest absolute Gasteiger partial charge is 0.337 e. The van der Waals surface area contributed by atoms with E-state index in [9.17, 15) is 9.18 Å². The maximum absolute atomic E-state index is 13.1. The number of aromatic amines is 1. The molecule has 2 aromatic carbocycles. The summed E-state index contributed by atoms with van der Waals surface area (Å²) >= 11 is 0. The second-order valence-electron chi connectivity index (χ2n) is 4.07. The first-order valence-electron chi connectivity index (χ1n) is 5.48. The summed E-state index contributed by atoms with van der Waals surface area (Å²) < 4.78 is 17.8. The SMILES string of the molecule is COC(=O)c1ccc2c(c1)[nH]c1cc(F)ccc12. The summed E-state index contributed by atoms with van der Waals surface area (Å²) in [6.45, 7) is 0. The first-order chi connectivity index (χ1) is 8.69. The number of ether oxygens (including phenoxy) is 1. The van der Waals surface area contributed by atoms with E-state index in [1.165, 1.54) is 19.2 Å². The summed E-state index contributed by atoms with van der Waals surface area (Å²) in [5.74, 6) is -0.677. The summed E-state index contributed by atoms with van der Waals surface area (Å²) in [4.78, 5) is 14.5. The highest BCUT2D eigenvalue weighted by Gasteiger charge is 2.09. The highest BCUT2D eigenvalue weighted by molar-refractivity contribution is 6.08. The Hall–Kier alpha value is -2.36. The average Bonchev–Trinajstić information content (AvgIpc) is 2.73. The quantitative estimate of drug-likeness (QED) is 0.666. The van der Waals surface area contributed by atoms with Crippen LogP contribution < -0.4 is 0 Å². The van der Waals surface area contributed by atoms with Gasteiger partial charge in [-0.25, -0.2) is 9.18 Å². The number of benzene rings is 2. The third-order valence-electron chi connectivity index (χ3n) is 2.98. The molecule has 0 saturated carbocycles. The zero-order valence-corrected chi connectivity index (χ0v) is 9.66. The third kappa shape index (κ3) is 1.54. The lowest BCUT2D eigenvalue weighted by Gasteiger charge is -1.98. The zero-order chi connectivity index (χ0) is 12.7. The van der Waals surface area contributed by atoms with Gasteiger partial charge in [-0.15, -0.1) is 0 Å². The lowest BCUT2D eigenvalue weighted by Crippen LogP contribution is -2.00. The molecule has 0 bridgehead atoms. The van der Waals surface area contributed by atoms with Gasteiger partial charge in [0.15, 0.2) is 0 Å². The molecular weight excluding hydrogens is 233 g/mol. The number of fused-ring (bicyclic) bond motifs is 3. The van der Waals surface area contributed by atoms with Crippen LogP contribution in [0.5, 0.6) is 0 Å². The Kier molecular flexibility index (Phi) is 2.30. The van der Waals surface area contributed by atoms with Gasteiger partial charge >= 0.3 is 5.97 Å². The van der Waals surface area contributed by atoms with Crippen molar-refractivity contribution in [2.45, 2.75) is 0 Å². The molecule has 0 fully saturated rings. The van der Waals surface area contributed by atoms with Crippen molar-refractivity contribution in [3.63, 3.8) is 0 Å². The van der Waals surface area contributed by atoms with Crippen LogP contribution in [0.25, 0.3) is 21.8 Å². The van der Waals surface area contributed by atoms with E-state index in [1.807, 2.05) is 6.07 Å². The number of carbonyl (C=O) groups is 1. The molecule has 0 radical (unpaired) electrons. The van der Waals surface area contributed by atoms with E-state index < -0.39 is 0 Å². The van der Waals surface area contributed by atoms with Crippen LogP contribution in [0.2, 0.25) is 0 Å². The van der Waals surface area contributed by atoms with Gasteiger partial charge in [0.25, 0.3) is 0 Å². The van der Waals surface area contributed by atoms with E-state index in [4.69, 9.17) is 0 Å². The minimum atomic E-state index is -0.387. The first-order valence-corrected chi connectivity index (χ1v) is 5.48. The minimum absolute atomic E-state index is 0.290. The number of nitrogens with one attached hydrogen (secondary N) is 1. The molecule has 3 aromatic rings. The van der Waals surface area contributed by atoms with Crippen molar-refractivity contribution in [3.8, 4) is 0 Å². The van der Waals surface area contributed by atoms with Crippen LogP contribution in [0.1, 0.15) is 10.4 Å². The molecule has 0 aliphatic rings. The van der Waals surface area contributed by atoms with Gasteiger partial charge in [-0.1, -0.05) is 6.07 Å². The largest absolute Gasteiger partial charge is 0.465 e. The molecule has 0 saturated heterocycles. The average molecular weight is 243 g/mol. The summed E-state index contributed by atoms with van der Waals surface area (Å²) in [5.41, 5.74) is 1.97. The van der Waals surface area contributed by atoms with E-state index in [0.29, 0.717) is 11.1 Å². The van der Waals surface area contributed by atoms with Crippen molar-refractivity contribution >= 4 is 27.8 Å². The number of rotatable bonds is 1. The Morgan fingerprint density at radius 1 is 1.11 bits per heavy atom. The Balaban J connectivity index is 2.29. The van der Waals surface area contributed by atoms with Gasteiger partial charge in [0.05, 0.1) is 12.7 Å². The Labute approximate surface area is 102 Å². The van der Waals surface area contributed by atoms with Crippen molar-refractivity contribution in [2.75, 3.05) is 7.11 Å². The molecule has 3 nitrogen and oxygen atoms in total. The highest BCUT2D eigenvalue weighted by atomic mass is 19.1. The van der Waals surface area contributed by atoms with Crippen LogP contribution in [0.4, 0.5) is 4.39 Å². The third-order valence-corrected chi connectivity index (χ3v) is 2.98. The maximum atomic E-state index is 13.1. The molecule has 0 spiro atoms. The number of methoxy groups -OCH3 is 1. The van der Waals surface area contributed by atoms with Crippen LogP contribution >= 0.6 is 0 Å². The van der Waals surface area contributed by atoms with Crippen LogP contribution in [0.15, 0.2) is 36.4 Å². The van der Waals surface area contributed by atoms with Gasteiger partial charge < -0.3 is 9.72 Å². The molecule has 4 heteroatoms. The van der Waals surface area contributed by atoms with Gasteiger partial charge in [-0.05, 0) is 30.3 Å². The Morgan fingerprint density at radius 2 is 1.78 bits per heavy atom. The number of carbonyl (C=O) groups excluding carboxylic acids is 1. The molecule has 1 N–H and O–H groups in total. The lowest BCUT2D eigenvalue weighted by molar-refractivity contribution is 0.0601. The van der Waals surface area contributed by atoms with E-state index in [-0.39, 0.29) is 11.8 Å². The normalized spacial score (nSPS) is 11.0. The second kappa shape index (κ2) is 3.84. The zero-order valence-electron chi connectivity index (χ0n) is 9.66. The molecule has 0 atom stereocenters. The molecule has 0 aliphatic heterocycles. The Bertz CT molecular complexity index is 761. The number of halogens is 1. The Morgan fingerprint density at radius 3 is 2.50 bits per heavy atom. The van der Waals surface area contributed by atoms with Gasteiger partial charge in [0.2, 0.25) is 0 Å². The minimum Gasteiger partial charge on any atom is -0.465 e. The highest BCUT2D eigenvalue weighted by Crippen LogP contribution is 2.26. The second-order valence-corrected chi connectivity index (χ2v) is 4.07. The fourth-order valence-electron chi connectivity index (χ4n) is 2.13. The topological polar surface area (TPSA) is 42.1 Å². The van der Waals surface area contributed by atoms with Gasteiger partial charge in [0, 0.05) is 21.8 Å². The van der Waals surface area contributed by atoms with Gasteiger partial charge in [-0.2, -0.15) is 0 Å². The van der Waals surface area contributed by atoms with Crippen molar-refractivity contribution in [1.29, 1.82) is 0 Å². The summed E-state index contributed by atoms with van der Waals surface area (Å²) in [7, 11) is 1.34. The molecule has 18 heavy (non-hydrogen) atoms. The fourth-order valence-corrected chi connectivity index (χ4v) is 2.13. The molecule has 3 rings (SSSR count). The van der Waals surface area contributed by atoms with Gasteiger partial charge in [0.1, 0.15) is 5.82 Å².